The summed E-state index contributed by atoms with van der Waals surface area (Å²) in [6, 6.07) is 10.4. The Kier molecular flexibility index (Phi) is 4.60. The highest BCUT2D eigenvalue weighted by atomic mass is 16.4. The molecule has 0 unspecified atom stereocenters. The van der Waals surface area contributed by atoms with Crippen LogP contribution in [-0.4, -0.2) is 39.5 Å². The Bertz CT molecular complexity index is 758. The molecule has 5 heteroatoms. The molecule has 1 N–H and O–H groups in total. The summed E-state index contributed by atoms with van der Waals surface area (Å²) in [6.45, 7) is 2.38. The van der Waals surface area contributed by atoms with Crippen LogP contribution in [0.25, 0.3) is 11.3 Å². The minimum Gasteiger partial charge on any atom is -0.480 e. The molecule has 1 fully saturated rings. The van der Waals surface area contributed by atoms with Crippen molar-refractivity contribution in [3.8, 4) is 11.3 Å². The minimum atomic E-state index is -0.929. The molecule has 1 atom stereocenters. The number of carbonyl (C=O) groups is 2. The summed E-state index contributed by atoms with van der Waals surface area (Å²) >= 11 is 0. The number of benzene rings is 1. The van der Waals surface area contributed by atoms with Gasteiger partial charge in [-0.1, -0.05) is 18.2 Å². The van der Waals surface area contributed by atoms with E-state index in [0.29, 0.717) is 18.5 Å². The van der Waals surface area contributed by atoms with Gasteiger partial charge in [-0.05, 0) is 49.9 Å². The van der Waals surface area contributed by atoms with Crippen LogP contribution in [0.3, 0.4) is 0 Å². The summed E-state index contributed by atoms with van der Waals surface area (Å²) in [5, 5.41) is 9.40. The van der Waals surface area contributed by atoms with Crippen molar-refractivity contribution < 1.29 is 14.7 Å². The van der Waals surface area contributed by atoms with E-state index >= 15 is 0 Å². The smallest absolute Gasteiger partial charge is 0.326 e. The summed E-state index contributed by atoms with van der Waals surface area (Å²) in [5.41, 5.74) is 3.07. The van der Waals surface area contributed by atoms with Gasteiger partial charge in [-0.3, -0.25) is 9.78 Å². The van der Waals surface area contributed by atoms with Crippen molar-refractivity contribution >= 4 is 11.9 Å². The van der Waals surface area contributed by atoms with Crippen molar-refractivity contribution in [3.63, 3.8) is 0 Å². The Labute approximate surface area is 140 Å². The molecule has 2 aromatic rings. The van der Waals surface area contributed by atoms with E-state index in [0.717, 1.165) is 29.7 Å². The van der Waals surface area contributed by atoms with Crippen LogP contribution < -0.4 is 0 Å². The average molecular weight is 324 g/mol. The number of rotatable bonds is 3. The molecule has 1 aliphatic rings. The average Bonchev–Trinajstić information content (AvgIpc) is 2.62. The standard InChI is InChI=1S/C19H20N2O3/c1-13-14(16-9-2-4-11-20-16)7-6-8-15(13)18(22)21-12-5-3-10-17(21)19(23)24/h2,4,6-9,11,17H,3,5,10,12H2,1H3,(H,23,24)/t17-/m1/s1. The highest BCUT2D eigenvalue weighted by Crippen LogP contribution is 2.27. The van der Waals surface area contributed by atoms with Gasteiger partial charge in [0.2, 0.25) is 0 Å². The molecule has 1 aliphatic heterocycles. The van der Waals surface area contributed by atoms with Crippen molar-refractivity contribution in [2.75, 3.05) is 6.54 Å². The number of piperidine rings is 1. The molecule has 5 nitrogen and oxygen atoms in total. The number of hydrogen-bond acceptors (Lipinski definition) is 3. The van der Waals surface area contributed by atoms with E-state index in [9.17, 15) is 14.7 Å². The number of amides is 1. The minimum absolute atomic E-state index is 0.211. The maximum atomic E-state index is 13.0. The second-order valence-corrected chi connectivity index (χ2v) is 6.04. The molecule has 2 heterocycles. The van der Waals surface area contributed by atoms with Crippen LogP contribution in [0.2, 0.25) is 0 Å². The number of aromatic nitrogens is 1. The lowest BCUT2D eigenvalue weighted by atomic mass is 9.96. The lowest BCUT2D eigenvalue weighted by Gasteiger charge is -2.33. The number of carboxylic acid groups (broad SMARTS) is 1. The van der Waals surface area contributed by atoms with E-state index in [4.69, 9.17) is 0 Å². The predicted octanol–water partition coefficient (Wildman–Crippen LogP) is 3.14. The first-order valence-electron chi connectivity index (χ1n) is 8.14. The molecule has 1 saturated heterocycles. The Balaban J connectivity index is 1.97. The molecule has 0 spiro atoms. The van der Waals surface area contributed by atoms with Crippen molar-refractivity contribution in [2.24, 2.45) is 0 Å². The second-order valence-electron chi connectivity index (χ2n) is 6.04. The molecule has 0 bridgehead atoms. The number of nitrogens with zero attached hydrogens (tertiary/aromatic N) is 2. The van der Waals surface area contributed by atoms with Crippen molar-refractivity contribution in [3.05, 3.63) is 53.7 Å². The van der Waals surface area contributed by atoms with Crippen molar-refractivity contribution in [1.29, 1.82) is 0 Å². The lowest BCUT2D eigenvalue weighted by molar-refractivity contribution is -0.143. The first kappa shape index (κ1) is 16.2. The fraction of sp³-hybridized carbons (Fsp3) is 0.316. The maximum Gasteiger partial charge on any atom is 0.326 e. The molecule has 0 saturated carbocycles. The van der Waals surface area contributed by atoms with Gasteiger partial charge < -0.3 is 10.0 Å². The van der Waals surface area contributed by atoms with Gasteiger partial charge >= 0.3 is 5.97 Å². The summed E-state index contributed by atoms with van der Waals surface area (Å²) in [7, 11) is 0. The van der Waals surface area contributed by atoms with Crippen molar-refractivity contribution in [2.45, 2.75) is 32.2 Å². The molecule has 0 aliphatic carbocycles. The van der Waals surface area contributed by atoms with Gasteiger partial charge in [0.05, 0.1) is 5.69 Å². The summed E-state index contributed by atoms with van der Waals surface area (Å²) < 4.78 is 0. The molecular weight excluding hydrogens is 304 g/mol. The highest BCUT2D eigenvalue weighted by Gasteiger charge is 2.33. The van der Waals surface area contributed by atoms with Gasteiger partial charge in [0, 0.05) is 23.9 Å². The SMILES string of the molecule is Cc1c(C(=O)N2CCCC[C@@H]2C(=O)O)cccc1-c1ccccn1. The van der Waals surface area contributed by atoms with Gasteiger partial charge in [-0.2, -0.15) is 0 Å². The Morgan fingerprint density at radius 1 is 1.17 bits per heavy atom. The number of likely N-dealkylation sites (tertiary alicyclic amines) is 1. The van der Waals surface area contributed by atoms with Crippen LogP contribution in [0.4, 0.5) is 0 Å². The predicted molar refractivity (Wildman–Crippen MR) is 90.7 cm³/mol. The zero-order valence-corrected chi connectivity index (χ0v) is 13.6. The molecule has 24 heavy (non-hydrogen) atoms. The van der Waals surface area contributed by atoms with E-state index in [1.54, 1.807) is 12.3 Å². The molecular formula is C19H20N2O3. The Hall–Kier alpha value is -2.69. The third kappa shape index (κ3) is 3.02. The van der Waals surface area contributed by atoms with Gasteiger partial charge in [0.1, 0.15) is 6.04 Å². The van der Waals surface area contributed by atoms with Crippen LogP contribution in [0.1, 0.15) is 35.2 Å². The quantitative estimate of drug-likeness (QED) is 0.941. The molecule has 1 aromatic carbocycles. The van der Waals surface area contributed by atoms with Crippen molar-refractivity contribution in [1.82, 2.24) is 9.88 Å². The highest BCUT2D eigenvalue weighted by molar-refractivity contribution is 5.99. The zero-order valence-electron chi connectivity index (χ0n) is 13.6. The zero-order chi connectivity index (χ0) is 17.1. The van der Waals surface area contributed by atoms with Crippen LogP contribution in [-0.2, 0) is 4.79 Å². The Morgan fingerprint density at radius 3 is 2.71 bits per heavy atom. The summed E-state index contributed by atoms with van der Waals surface area (Å²) in [4.78, 5) is 30.3. The monoisotopic (exact) mass is 324 g/mol. The molecule has 1 aromatic heterocycles. The fourth-order valence-corrected chi connectivity index (χ4v) is 3.25. The van der Waals surface area contributed by atoms with E-state index < -0.39 is 12.0 Å². The second kappa shape index (κ2) is 6.83. The van der Waals surface area contributed by atoms with Crippen LogP contribution in [0, 0.1) is 6.92 Å². The largest absolute Gasteiger partial charge is 0.480 e. The number of hydrogen-bond donors (Lipinski definition) is 1. The normalized spacial score (nSPS) is 17.5. The van der Waals surface area contributed by atoms with Gasteiger partial charge in [-0.15, -0.1) is 0 Å². The summed E-state index contributed by atoms with van der Waals surface area (Å²) in [5.74, 6) is -1.14. The first-order chi connectivity index (χ1) is 11.6. The number of carboxylic acids is 1. The van der Waals surface area contributed by atoms with Crippen LogP contribution >= 0.6 is 0 Å². The third-order valence-electron chi connectivity index (χ3n) is 4.55. The summed E-state index contributed by atoms with van der Waals surface area (Å²) in [6.07, 6.45) is 3.91. The lowest BCUT2D eigenvalue weighted by Crippen LogP contribution is -2.48. The van der Waals surface area contributed by atoms with E-state index in [1.807, 2.05) is 37.3 Å². The molecule has 0 radical (unpaired) electrons. The molecule has 124 valence electrons. The van der Waals surface area contributed by atoms with Crippen LogP contribution in [0.15, 0.2) is 42.6 Å². The number of carbonyl (C=O) groups excluding carboxylic acids is 1. The van der Waals surface area contributed by atoms with Gasteiger partial charge in [0.25, 0.3) is 5.91 Å². The van der Waals surface area contributed by atoms with Crippen LogP contribution in [0.5, 0.6) is 0 Å². The third-order valence-corrected chi connectivity index (χ3v) is 4.55. The van der Waals surface area contributed by atoms with Gasteiger partial charge in [-0.25, -0.2) is 4.79 Å². The first-order valence-corrected chi connectivity index (χ1v) is 8.14. The maximum absolute atomic E-state index is 13.0. The van der Waals surface area contributed by atoms with E-state index in [1.165, 1.54) is 4.90 Å². The topological polar surface area (TPSA) is 70.5 Å². The Morgan fingerprint density at radius 2 is 2.00 bits per heavy atom. The number of aliphatic carboxylic acids is 1. The van der Waals surface area contributed by atoms with E-state index in [2.05, 4.69) is 4.98 Å². The van der Waals surface area contributed by atoms with Gasteiger partial charge in [0.15, 0.2) is 0 Å². The molecule has 1 amide bonds. The van der Waals surface area contributed by atoms with E-state index in [-0.39, 0.29) is 5.91 Å². The number of pyridine rings is 1. The molecule has 3 rings (SSSR count). The fourth-order valence-electron chi connectivity index (χ4n) is 3.25.